The van der Waals surface area contributed by atoms with E-state index in [9.17, 15) is 19.2 Å². The first-order valence-electron chi connectivity index (χ1n) is 7.38. The quantitative estimate of drug-likeness (QED) is 0.457. The number of rotatable bonds is 6. The van der Waals surface area contributed by atoms with Gasteiger partial charge in [-0.3, -0.25) is 4.79 Å². The molecule has 0 aliphatic rings. The van der Waals surface area contributed by atoms with Crippen molar-refractivity contribution in [1.29, 1.82) is 0 Å². The van der Waals surface area contributed by atoms with E-state index in [1.807, 2.05) is 0 Å². The molecule has 0 aliphatic carbocycles. The highest BCUT2D eigenvalue weighted by atomic mass is 32.2. The number of carbonyl (C=O) groups excluding carboxylic acids is 2. The van der Waals surface area contributed by atoms with Crippen LogP contribution < -0.4 is 14.2 Å². The van der Waals surface area contributed by atoms with Gasteiger partial charge in [0.2, 0.25) is 17.3 Å². The van der Waals surface area contributed by atoms with E-state index < -0.39 is 28.9 Å². The van der Waals surface area contributed by atoms with Gasteiger partial charge in [-0.15, -0.1) is 0 Å². The van der Waals surface area contributed by atoms with Gasteiger partial charge in [0, 0.05) is 12.3 Å². The summed E-state index contributed by atoms with van der Waals surface area (Å²) in [5.41, 5.74) is 0. The fourth-order valence-electron chi connectivity index (χ4n) is 2.46. The van der Waals surface area contributed by atoms with Crippen LogP contribution in [-0.4, -0.2) is 48.7 Å². The summed E-state index contributed by atoms with van der Waals surface area (Å²) < 4.78 is 32.9. The summed E-state index contributed by atoms with van der Waals surface area (Å²) in [6, 6.07) is 4.59. The molecule has 2 aromatic carbocycles. The van der Waals surface area contributed by atoms with E-state index in [0.717, 1.165) is 0 Å². The molecule has 0 fully saturated rings. The minimum Gasteiger partial charge on any atom is -0.611 e. The predicted molar refractivity (Wildman–Crippen MR) is 93.3 cm³/mol. The van der Waals surface area contributed by atoms with E-state index in [1.165, 1.54) is 34.3 Å². The van der Waals surface area contributed by atoms with E-state index in [-0.39, 0.29) is 38.7 Å². The van der Waals surface area contributed by atoms with Gasteiger partial charge in [-0.1, -0.05) is 6.07 Å². The molecule has 0 aromatic heterocycles. The van der Waals surface area contributed by atoms with Crippen LogP contribution >= 0.6 is 0 Å². The Hall–Kier alpha value is -2.65. The number of phenols is 1. The Kier molecular flexibility index (Phi) is 6.17. The summed E-state index contributed by atoms with van der Waals surface area (Å²) in [6.07, 6.45) is 0. The topological polar surface area (TPSA) is 114 Å². The molecule has 140 valence electrons. The zero-order chi connectivity index (χ0) is 19.4. The minimum absolute atomic E-state index is 0.0322. The third kappa shape index (κ3) is 3.63. The lowest BCUT2D eigenvalue weighted by Crippen LogP contribution is -2.18. The molecule has 0 aliphatic heterocycles. The molecule has 8 nitrogen and oxygen atoms in total. The lowest BCUT2D eigenvalue weighted by atomic mass is 10.1. The van der Waals surface area contributed by atoms with Crippen molar-refractivity contribution in [3.05, 3.63) is 18.2 Å². The van der Waals surface area contributed by atoms with E-state index >= 15 is 0 Å². The first kappa shape index (κ1) is 19.7. The Labute approximate surface area is 152 Å². The van der Waals surface area contributed by atoms with Gasteiger partial charge in [0.25, 0.3) is 0 Å². The first-order valence-corrected chi connectivity index (χ1v) is 8.70. The smallest absolute Gasteiger partial charge is 0.356 e. The monoisotopic (exact) mass is 382 g/mol. The van der Waals surface area contributed by atoms with Crippen LogP contribution in [0, 0.1) is 0 Å². The van der Waals surface area contributed by atoms with Crippen molar-refractivity contribution in [2.45, 2.75) is 11.8 Å². The van der Waals surface area contributed by atoms with Crippen molar-refractivity contribution in [1.82, 2.24) is 0 Å². The fourth-order valence-corrected chi connectivity index (χ4v) is 3.61. The van der Waals surface area contributed by atoms with Crippen molar-refractivity contribution in [3.8, 4) is 23.0 Å². The van der Waals surface area contributed by atoms with Gasteiger partial charge in [-0.05, 0) is 23.3 Å². The average molecular weight is 382 g/mol. The Morgan fingerprint density at radius 3 is 2.31 bits per heavy atom. The van der Waals surface area contributed by atoms with Crippen molar-refractivity contribution in [2.24, 2.45) is 0 Å². The summed E-state index contributed by atoms with van der Waals surface area (Å²) in [7, 11) is 3.82. The number of ether oxygens (including phenoxy) is 4. The second-order valence-corrected chi connectivity index (χ2v) is 6.50. The van der Waals surface area contributed by atoms with Crippen LogP contribution in [0.15, 0.2) is 23.1 Å². The standard InChI is InChI=1S/C17H18O8S/c1-9(18)25-15-13-10(14(20)16(23-3)17(15)24-4)6-5-7-11(13)26(21)8-12(19)22-2/h5-7,20H,8H2,1-4H3. The Morgan fingerprint density at radius 2 is 1.77 bits per heavy atom. The molecule has 0 bridgehead atoms. The zero-order valence-electron chi connectivity index (χ0n) is 14.7. The second kappa shape index (κ2) is 8.15. The van der Waals surface area contributed by atoms with Crippen LogP contribution in [-0.2, 0) is 25.5 Å². The van der Waals surface area contributed by atoms with Crippen molar-refractivity contribution in [3.63, 3.8) is 0 Å². The molecular formula is C17H18O8S. The maximum Gasteiger partial charge on any atom is 0.356 e. The molecule has 2 rings (SSSR count). The van der Waals surface area contributed by atoms with E-state index in [2.05, 4.69) is 4.74 Å². The first-order chi connectivity index (χ1) is 12.3. The Balaban J connectivity index is 2.85. The van der Waals surface area contributed by atoms with Gasteiger partial charge in [-0.25, -0.2) is 4.79 Å². The molecule has 0 saturated heterocycles. The molecule has 0 amide bonds. The van der Waals surface area contributed by atoms with Gasteiger partial charge in [0.1, 0.15) is 0 Å². The minimum atomic E-state index is -1.81. The number of phenolic OH excluding ortho intramolecular Hbond substituents is 1. The normalized spacial score (nSPS) is 11.7. The van der Waals surface area contributed by atoms with Crippen molar-refractivity contribution in [2.75, 3.05) is 27.1 Å². The third-order valence-electron chi connectivity index (χ3n) is 3.51. The van der Waals surface area contributed by atoms with Crippen LogP contribution in [0.3, 0.4) is 0 Å². The summed E-state index contributed by atoms with van der Waals surface area (Å²) >= 11 is -1.81. The maximum absolute atomic E-state index is 12.6. The maximum atomic E-state index is 12.6. The lowest BCUT2D eigenvalue weighted by Gasteiger charge is -2.19. The van der Waals surface area contributed by atoms with Crippen LogP contribution in [0.2, 0.25) is 0 Å². The number of benzene rings is 2. The zero-order valence-corrected chi connectivity index (χ0v) is 15.5. The summed E-state index contributed by atoms with van der Waals surface area (Å²) in [5, 5.41) is 10.9. The Bertz CT molecular complexity index is 849. The molecule has 1 unspecified atom stereocenters. The number of fused-ring (bicyclic) bond motifs is 1. The molecule has 0 heterocycles. The lowest BCUT2D eigenvalue weighted by molar-refractivity contribution is -0.137. The molecule has 9 heteroatoms. The molecule has 0 spiro atoms. The van der Waals surface area contributed by atoms with E-state index in [1.54, 1.807) is 12.1 Å². The number of aromatic hydroxyl groups is 1. The van der Waals surface area contributed by atoms with Gasteiger partial charge in [0.15, 0.2) is 16.4 Å². The van der Waals surface area contributed by atoms with Crippen LogP contribution in [0.1, 0.15) is 6.92 Å². The highest BCUT2D eigenvalue weighted by molar-refractivity contribution is 7.92. The molecule has 26 heavy (non-hydrogen) atoms. The number of carbonyl (C=O) groups is 2. The molecule has 0 saturated carbocycles. The largest absolute Gasteiger partial charge is 0.611 e. The molecular weight excluding hydrogens is 364 g/mol. The van der Waals surface area contributed by atoms with Crippen molar-refractivity contribution < 1.29 is 38.2 Å². The van der Waals surface area contributed by atoms with Gasteiger partial charge in [0.05, 0.1) is 26.7 Å². The number of esters is 2. The van der Waals surface area contributed by atoms with Gasteiger partial charge in [-0.2, -0.15) is 0 Å². The summed E-state index contributed by atoms with van der Waals surface area (Å²) in [6.45, 7) is 1.19. The third-order valence-corrected chi connectivity index (χ3v) is 4.84. The van der Waals surface area contributed by atoms with E-state index in [4.69, 9.17) is 14.2 Å². The SMILES string of the molecule is COC(=O)C[S+]([O-])c1cccc2c(O)c(OC)c(OC)c(OC(C)=O)c12. The highest BCUT2D eigenvalue weighted by Crippen LogP contribution is 2.52. The van der Waals surface area contributed by atoms with E-state index in [0.29, 0.717) is 0 Å². The van der Waals surface area contributed by atoms with Crippen LogP contribution in [0.25, 0.3) is 10.8 Å². The van der Waals surface area contributed by atoms with Gasteiger partial charge >= 0.3 is 11.9 Å². The molecule has 2 aromatic rings. The Morgan fingerprint density at radius 1 is 1.12 bits per heavy atom. The molecule has 0 radical (unpaired) electrons. The predicted octanol–water partition coefficient (Wildman–Crippen LogP) is 1.77. The number of hydrogen-bond acceptors (Lipinski definition) is 8. The number of hydrogen-bond donors (Lipinski definition) is 1. The number of methoxy groups -OCH3 is 3. The molecule has 1 atom stereocenters. The fraction of sp³-hybridized carbons (Fsp3) is 0.294. The van der Waals surface area contributed by atoms with Crippen LogP contribution in [0.5, 0.6) is 23.0 Å². The highest BCUT2D eigenvalue weighted by Gasteiger charge is 2.29. The molecule has 1 N–H and O–H groups in total. The van der Waals surface area contributed by atoms with Crippen molar-refractivity contribution >= 4 is 33.9 Å². The second-order valence-electron chi connectivity index (χ2n) is 5.08. The van der Waals surface area contributed by atoms with Gasteiger partial charge < -0.3 is 28.6 Å². The summed E-state index contributed by atoms with van der Waals surface area (Å²) in [4.78, 5) is 23.3. The average Bonchev–Trinajstić information content (AvgIpc) is 2.62. The van der Waals surface area contributed by atoms with Crippen LogP contribution in [0.4, 0.5) is 0 Å². The summed E-state index contributed by atoms with van der Waals surface area (Å²) in [5.74, 6) is -2.11.